The highest BCUT2D eigenvalue weighted by Crippen LogP contribution is 2.08. The number of quaternary nitrogens is 1. The molecule has 0 bridgehead atoms. The molecule has 0 amide bonds. The van der Waals surface area contributed by atoms with Gasteiger partial charge in [0.2, 0.25) is 0 Å². The van der Waals surface area contributed by atoms with Gasteiger partial charge in [-0.1, -0.05) is 11.6 Å². The lowest BCUT2D eigenvalue weighted by molar-refractivity contribution is -0.910. The number of aliphatic hydroxyl groups excluding tert-OH is 3. The van der Waals surface area contributed by atoms with Gasteiger partial charge in [-0.2, -0.15) is 4.91 Å². The minimum atomic E-state index is 0.108. The van der Waals surface area contributed by atoms with Crippen LogP contribution in [0, 0.1) is 4.91 Å². The molecule has 0 aliphatic rings. The molecule has 3 N–H and O–H groups in total. The zero-order valence-electron chi connectivity index (χ0n) is 14.0. The van der Waals surface area contributed by atoms with Crippen molar-refractivity contribution in [1.82, 2.24) is 4.90 Å². The van der Waals surface area contributed by atoms with E-state index < -0.39 is 0 Å². The predicted octanol–water partition coefficient (Wildman–Crippen LogP) is 0.0387. The van der Waals surface area contributed by atoms with Crippen molar-refractivity contribution in [2.75, 3.05) is 72.7 Å². The molecule has 22 heavy (non-hydrogen) atoms. The van der Waals surface area contributed by atoms with E-state index in [-0.39, 0.29) is 26.4 Å². The lowest BCUT2D eigenvalue weighted by Crippen LogP contribution is -2.48. The van der Waals surface area contributed by atoms with Gasteiger partial charge in [0.05, 0.1) is 40.0 Å². The van der Waals surface area contributed by atoms with Gasteiger partial charge in [0.15, 0.2) is 0 Å². The second-order valence-electron chi connectivity index (χ2n) is 6.07. The number of aliphatic hydroxyl groups is 3. The zero-order chi connectivity index (χ0) is 16.7. The molecule has 0 heterocycles. The third-order valence-electron chi connectivity index (χ3n) is 4.13. The SMILES string of the molecule is C[N+](CCO)(CCO)CCCCCCN(CCO)CCN=O. The molecule has 0 aliphatic heterocycles. The van der Waals surface area contributed by atoms with E-state index in [2.05, 4.69) is 17.1 Å². The first-order valence-electron chi connectivity index (χ1n) is 8.29. The summed E-state index contributed by atoms with van der Waals surface area (Å²) >= 11 is 0. The van der Waals surface area contributed by atoms with Crippen LogP contribution in [0.3, 0.4) is 0 Å². The quantitative estimate of drug-likeness (QED) is 0.212. The Labute approximate surface area is 134 Å². The smallest absolute Gasteiger partial charge is 0.102 e. The maximum atomic E-state index is 10.2. The molecule has 0 aromatic rings. The summed E-state index contributed by atoms with van der Waals surface area (Å²) in [6, 6.07) is 0. The van der Waals surface area contributed by atoms with Gasteiger partial charge in [-0.15, -0.1) is 0 Å². The van der Waals surface area contributed by atoms with Crippen molar-refractivity contribution in [1.29, 1.82) is 0 Å². The van der Waals surface area contributed by atoms with Crippen LogP contribution in [0.5, 0.6) is 0 Å². The third kappa shape index (κ3) is 11.0. The Hall–Kier alpha value is -0.600. The Kier molecular flexibility index (Phi) is 13.6. The predicted molar refractivity (Wildman–Crippen MR) is 87.6 cm³/mol. The van der Waals surface area contributed by atoms with Crippen molar-refractivity contribution in [3.05, 3.63) is 4.91 Å². The standard InChI is InChI=1S/C15H34N3O4/c1-18(11-14-20,12-15-21)10-5-3-2-4-7-17(9-13-19)8-6-16-22/h19-21H,2-15H2,1H3/q+1. The van der Waals surface area contributed by atoms with Crippen molar-refractivity contribution < 1.29 is 19.8 Å². The van der Waals surface area contributed by atoms with Gasteiger partial charge in [0, 0.05) is 13.1 Å². The molecule has 0 atom stereocenters. The highest BCUT2D eigenvalue weighted by atomic mass is 16.3. The lowest BCUT2D eigenvalue weighted by Gasteiger charge is -2.33. The normalized spacial score (nSPS) is 12.0. The average Bonchev–Trinajstić information content (AvgIpc) is 2.48. The van der Waals surface area contributed by atoms with E-state index in [1.807, 2.05) is 0 Å². The summed E-state index contributed by atoms with van der Waals surface area (Å²) in [7, 11) is 2.07. The van der Waals surface area contributed by atoms with Crippen molar-refractivity contribution in [2.24, 2.45) is 5.18 Å². The van der Waals surface area contributed by atoms with Gasteiger partial charge in [0.1, 0.15) is 13.1 Å². The fourth-order valence-electron chi connectivity index (χ4n) is 2.66. The molecule has 0 aromatic carbocycles. The molecule has 7 heteroatoms. The van der Waals surface area contributed by atoms with E-state index in [1.54, 1.807) is 0 Å². The van der Waals surface area contributed by atoms with Crippen LogP contribution in [0.15, 0.2) is 5.18 Å². The van der Waals surface area contributed by atoms with Gasteiger partial charge in [-0.05, 0) is 25.8 Å². The molecule has 0 unspecified atom stereocenters. The number of unbranched alkanes of at least 4 members (excludes halogenated alkanes) is 3. The van der Waals surface area contributed by atoms with Crippen LogP contribution in [0.4, 0.5) is 0 Å². The van der Waals surface area contributed by atoms with Crippen LogP contribution in [-0.2, 0) is 0 Å². The van der Waals surface area contributed by atoms with E-state index in [1.165, 1.54) is 0 Å². The van der Waals surface area contributed by atoms with E-state index >= 15 is 0 Å². The second kappa shape index (κ2) is 14.0. The molecule has 132 valence electrons. The van der Waals surface area contributed by atoms with Crippen molar-refractivity contribution in [2.45, 2.75) is 25.7 Å². The van der Waals surface area contributed by atoms with Crippen LogP contribution in [0.1, 0.15) is 25.7 Å². The van der Waals surface area contributed by atoms with E-state index in [0.29, 0.717) is 30.7 Å². The Morgan fingerprint density at radius 2 is 1.45 bits per heavy atom. The Balaban J connectivity index is 3.79. The number of hydrogen-bond donors (Lipinski definition) is 3. The summed E-state index contributed by atoms with van der Waals surface area (Å²) in [6.07, 6.45) is 4.34. The molecule has 7 nitrogen and oxygen atoms in total. The Morgan fingerprint density at radius 1 is 0.818 bits per heavy atom. The first-order chi connectivity index (χ1) is 10.6. The highest BCUT2D eigenvalue weighted by molar-refractivity contribution is 4.59. The number of hydrogen-bond acceptors (Lipinski definition) is 6. The fraction of sp³-hybridized carbons (Fsp3) is 1.00. The molecule has 0 saturated carbocycles. The van der Waals surface area contributed by atoms with Gasteiger partial charge < -0.3 is 19.8 Å². The van der Waals surface area contributed by atoms with Crippen LogP contribution in [0.25, 0.3) is 0 Å². The van der Waals surface area contributed by atoms with E-state index in [9.17, 15) is 4.91 Å². The van der Waals surface area contributed by atoms with Crippen molar-refractivity contribution >= 4 is 0 Å². The van der Waals surface area contributed by atoms with E-state index in [0.717, 1.165) is 38.8 Å². The molecule has 0 radical (unpaired) electrons. The Morgan fingerprint density at radius 3 is 2.00 bits per heavy atom. The summed E-state index contributed by atoms with van der Waals surface area (Å²) in [5.74, 6) is 0. The van der Waals surface area contributed by atoms with Crippen LogP contribution >= 0.6 is 0 Å². The average molecular weight is 320 g/mol. The minimum absolute atomic E-state index is 0.108. The van der Waals surface area contributed by atoms with Gasteiger partial charge >= 0.3 is 0 Å². The summed E-state index contributed by atoms with van der Waals surface area (Å²) in [6.45, 7) is 5.12. The monoisotopic (exact) mass is 320 g/mol. The molecule has 0 spiro atoms. The number of rotatable bonds is 16. The largest absolute Gasteiger partial charge is 0.395 e. The zero-order valence-corrected chi connectivity index (χ0v) is 14.0. The number of nitrogens with zero attached hydrogens (tertiary/aromatic N) is 3. The van der Waals surface area contributed by atoms with Crippen LogP contribution in [0.2, 0.25) is 0 Å². The molecular formula is C15H34N3O4+. The molecule has 0 aromatic heterocycles. The van der Waals surface area contributed by atoms with E-state index in [4.69, 9.17) is 15.3 Å². The highest BCUT2D eigenvalue weighted by Gasteiger charge is 2.19. The van der Waals surface area contributed by atoms with Gasteiger partial charge in [0.25, 0.3) is 0 Å². The second-order valence-corrected chi connectivity index (χ2v) is 6.07. The molecular weight excluding hydrogens is 286 g/mol. The lowest BCUT2D eigenvalue weighted by atomic mass is 10.1. The first kappa shape index (κ1) is 21.4. The third-order valence-corrected chi connectivity index (χ3v) is 4.13. The number of nitroso groups, excluding NO2 is 1. The molecule has 0 saturated heterocycles. The number of likely N-dealkylation sites (N-methyl/N-ethyl adjacent to an activating group) is 1. The fourth-order valence-corrected chi connectivity index (χ4v) is 2.66. The van der Waals surface area contributed by atoms with Gasteiger partial charge in [-0.25, -0.2) is 0 Å². The van der Waals surface area contributed by atoms with Crippen LogP contribution in [-0.4, -0.2) is 97.4 Å². The summed E-state index contributed by atoms with van der Waals surface area (Å²) in [4.78, 5) is 12.2. The van der Waals surface area contributed by atoms with Crippen molar-refractivity contribution in [3.8, 4) is 0 Å². The Bertz CT molecular complexity index is 261. The molecule has 0 rings (SSSR count). The van der Waals surface area contributed by atoms with Crippen LogP contribution < -0.4 is 0 Å². The maximum absolute atomic E-state index is 10.2. The maximum Gasteiger partial charge on any atom is 0.102 e. The van der Waals surface area contributed by atoms with Gasteiger partial charge in [-0.3, -0.25) is 4.90 Å². The first-order valence-corrected chi connectivity index (χ1v) is 8.29. The summed E-state index contributed by atoms with van der Waals surface area (Å²) < 4.78 is 0.717. The van der Waals surface area contributed by atoms with Crippen molar-refractivity contribution in [3.63, 3.8) is 0 Å². The summed E-state index contributed by atoms with van der Waals surface area (Å²) in [5, 5.41) is 30.0. The molecule has 0 fully saturated rings. The summed E-state index contributed by atoms with van der Waals surface area (Å²) in [5.41, 5.74) is 0. The minimum Gasteiger partial charge on any atom is -0.395 e. The molecule has 0 aliphatic carbocycles. The topological polar surface area (TPSA) is 93.4 Å².